The van der Waals surface area contributed by atoms with Gasteiger partial charge in [-0.15, -0.1) is 0 Å². The van der Waals surface area contributed by atoms with Crippen molar-refractivity contribution in [3.8, 4) is 0 Å². The number of rotatable bonds is 0. The quantitative estimate of drug-likeness (QED) is 0.677. The van der Waals surface area contributed by atoms with Crippen molar-refractivity contribution in [1.29, 1.82) is 0 Å². The second-order valence-electron chi connectivity index (χ2n) is 2.82. The van der Waals surface area contributed by atoms with Crippen LogP contribution in [0.3, 0.4) is 0 Å². The lowest BCUT2D eigenvalue weighted by molar-refractivity contribution is 1.09. The van der Waals surface area contributed by atoms with Gasteiger partial charge in [-0.1, -0.05) is 11.6 Å². The number of aryl methyl sites for hydroxylation is 2. The summed E-state index contributed by atoms with van der Waals surface area (Å²) < 4.78 is 0. The van der Waals surface area contributed by atoms with Gasteiger partial charge in [-0.3, -0.25) is 5.10 Å². The van der Waals surface area contributed by atoms with Crippen molar-refractivity contribution in [1.82, 2.24) is 15.2 Å². The minimum absolute atomic E-state index is 0.565. The summed E-state index contributed by atoms with van der Waals surface area (Å²) in [4.78, 5) is 4.23. The van der Waals surface area contributed by atoms with Crippen molar-refractivity contribution >= 4 is 22.6 Å². The molecule has 4 heteroatoms. The summed E-state index contributed by atoms with van der Waals surface area (Å²) in [6.07, 6.45) is 0. The average molecular weight is 182 g/mol. The van der Waals surface area contributed by atoms with Gasteiger partial charge in [0.25, 0.3) is 0 Å². The van der Waals surface area contributed by atoms with E-state index in [0.717, 1.165) is 16.6 Å². The first kappa shape index (κ1) is 7.55. The standard InChI is InChI=1S/C8H8ClN3/c1-4-3-5(2)10-8-6(4)7(9)11-12-8/h3H,1-2H3,(H,10,11,12). The Morgan fingerprint density at radius 2 is 2.17 bits per heavy atom. The maximum Gasteiger partial charge on any atom is 0.182 e. The molecule has 0 atom stereocenters. The molecule has 1 N–H and O–H groups in total. The van der Waals surface area contributed by atoms with Crippen LogP contribution in [0.2, 0.25) is 5.15 Å². The smallest absolute Gasteiger partial charge is 0.182 e. The number of nitrogens with one attached hydrogen (secondary N) is 1. The van der Waals surface area contributed by atoms with E-state index in [9.17, 15) is 0 Å². The molecule has 0 unspecified atom stereocenters. The third-order valence-electron chi connectivity index (χ3n) is 1.81. The van der Waals surface area contributed by atoms with E-state index in [1.807, 2.05) is 19.9 Å². The normalized spacial score (nSPS) is 10.9. The van der Waals surface area contributed by atoms with Crippen LogP contribution < -0.4 is 0 Å². The van der Waals surface area contributed by atoms with Crippen LogP contribution in [0.1, 0.15) is 11.3 Å². The molecule has 12 heavy (non-hydrogen) atoms. The van der Waals surface area contributed by atoms with Gasteiger partial charge in [-0.25, -0.2) is 4.98 Å². The Bertz CT molecular complexity index is 433. The van der Waals surface area contributed by atoms with Crippen molar-refractivity contribution in [2.24, 2.45) is 0 Å². The molecule has 0 aliphatic carbocycles. The molecule has 2 aromatic heterocycles. The van der Waals surface area contributed by atoms with E-state index in [-0.39, 0.29) is 0 Å². The molecule has 0 amide bonds. The van der Waals surface area contributed by atoms with Crippen molar-refractivity contribution in [2.45, 2.75) is 13.8 Å². The van der Waals surface area contributed by atoms with Gasteiger partial charge in [0, 0.05) is 5.69 Å². The first-order valence-electron chi connectivity index (χ1n) is 3.66. The number of halogens is 1. The highest BCUT2D eigenvalue weighted by atomic mass is 35.5. The fourth-order valence-electron chi connectivity index (χ4n) is 1.33. The van der Waals surface area contributed by atoms with Gasteiger partial charge in [0.2, 0.25) is 0 Å². The Hall–Kier alpha value is -1.09. The summed E-state index contributed by atoms with van der Waals surface area (Å²) in [6, 6.07) is 1.99. The molecule has 2 aromatic rings. The zero-order valence-corrected chi connectivity index (χ0v) is 7.61. The molecule has 0 radical (unpaired) electrons. The number of nitrogens with zero attached hydrogens (tertiary/aromatic N) is 2. The third-order valence-corrected chi connectivity index (χ3v) is 2.08. The van der Waals surface area contributed by atoms with E-state index in [1.54, 1.807) is 0 Å². The van der Waals surface area contributed by atoms with Gasteiger partial charge in [0.05, 0.1) is 5.39 Å². The van der Waals surface area contributed by atoms with E-state index in [0.29, 0.717) is 10.8 Å². The van der Waals surface area contributed by atoms with Crippen molar-refractivity contribution in [3.05, 3.63) is 22.5 Å². The topological polar surface area (TPSA) is 41.6 Å². The first-order chi connectivity index (χ1) is 5.68. The van der Waals surface area contributed by atoms with Crippen LogP contribution in [0.5, 0.6) is 0 Å². The molecule has 2 rings (SSSR count). The SMILES string of the molecule is Cc1cc(C)c2c(Cl)[nH]nc2n1. The molecule has 62 valence electrons. The van der Waals surface area contributed by atoms with E-state index in [1.165, 1.54) is 0 Å². The highest BCUT2D eigenvalue weighted by Crippen LogP contribution is 2.22. The van der Waals surface area contributed by atoms with Crippen LogP contribution in [0, 0.1) is 13.8 Å². The van der Waals surface area contributed by atoms with Gasteiger partial charge in [-0.2, -0.15) is 5.10 Å². The second-order valence-corrected chi connectivity index (χ2v) is 3.19. The fraction of sp³-hybridized carbons (Fsp3) is 0.250. The van der Waals surface area contributed by atoms with Crippen LogP contribution in [0.25, 0.3) is 11.0 Å². The van der Waals surface area contributed by atoms with E-state index in [4.69, 9.17) is 11.6 Å². The van der Waals surface area contributed by atoms with Crippen LogP contribution in [0.4, 0.5) is 0 Å². The van der Waals surface area contributed by atoms with E-state index >= 15 is 0 Å². The number of pyridine rings is 1. The molecule has 0 saturated carbocycles. The molecule has 0 aromatic carbocycles. The molecule has 0 fully saturated rings. The maximum absolute atomic E-state index is 5.87. The summed E-state index contributed by atoms with van der Waals surface area (Å²) in [5.74, 6) is 0. The second kappa shape index (κ2) is 2.45. The largest absolute Gasteiger partial charge is 0.264 e. The number of hydrogen-bond acceptors (Lipinski definition) is 2. The lowest BCUT2D eigenvalue weighted by Crippen LogP contribution is -1.84. The number of H-pyrrole nitrogens is 1. The lowest BCUT2D eigenvalue weighted by Gasteiger charge is -1.96. The maximum atomic E-state index is 5.87. The lowest BCUT2D eigenvalue weighted by atomic mass is 10.2. The van der Waals surface area contributed by atoms with Crippen molar-refractivity contribution in [3.63, 3.8) is 0 Å². The number of aromatic nitrogens is 3. The number of hydrogen-bond donors (Lipinski definition) is 1. The van der Waals surface area contributed by atoms with Crippen LogP contribution in [-0.4, -0.2) is 15.2 Å². The average Bonchev–Trinajstić information content (AvgIpc) is 2.31. The summed E-state index contributed by atoms with van der Waals surface area (Å²) in [5.41, 5.74) is 2.76. The Balaban J connectivity index is 2.93. The molecule has 3 nitrogen and oxygen atoms in total. The molecule has 0 aliphatic heterocycles. The summed E-state index contributed by atoms with van der Waals surface area (Å²) in [6.45, 7) is 3.94. The van der Waals surface area contributed by atoms with E-state index < -0.39 is 0 Å². The number of aromatic amines is 1. The van der Waals surface area contributed by atoms with Crippen LogP contribution in [0.15, 0.2) is 6.07 Å². The molecule has 0 saturated heterocycles. The summed E-state index contributed by atoms with van der Waals surface area (Å²) in [5, 5.41) is 8.15. The van der Waals surface area contributed by atoms with E-state index in [2.05, 4.69) is 15.2 Å². The minimum Gasteiger partial charge on any atom is -0.264 e. The Morgan fingerprint density at radius 3 is 2.92 bits per heavy atom. The Morgan fingerprint density at radius 1 is 1.42 bits per heavy atom. The summed E-state index contributed by atoms with van der Waals surface area (Å²) in [7, 11) is 0. The summed E-state index contributed by atoms with van der Waals surface area (Å²) >= 11 is 5.87. The molecule has 0 bridgehead atoms. The van der Waals surface area contributed by atoms with Crippen molar-refractivity contribution < 1.29 is 0 Å². The zero-order chi connectivity index (χ0) is 8.72. The number of fused-ring (bicyclic) bond motifs is 1. The van der Waals surface area contributed by atoms with Gasteiger partial charge in [0.1, 0.15) is 5.15 Å². The predicted molar refractivity (Wildman–Crippen MR) is 48.4 cm³/mol. The third kappa shape index (κ3) is 0.975. The van der Waals surface area contributed by atoms with Gasteiger partial charge >= 0.3 is 0 Å². The fourth-order valence-corrected chi connectivity index (χ4v) is 1.60. The molecular formula is C8H8ClN3. The zero-order valence-electron chi connectivity index (χ0n) is 6.85. The molecular weight excluding hydrogens is 174 g/mol. The highest BCUT2D eigenvalue weighted by molar-refractivity contribution is 6.34. The Labute approximate surface area is 74.8 Å². The van der Waals surface area contributed by atoms with Crippen LogP contribution >= 0.6 is 11.6 Å². The molecule has 0 aliphatic rings. The van der Waals surface area contributed by atoms with Crippen LogP contribution in [-0.2, 0) is 0 Å². The Kier molecular flexibility index (Phi) is 1.54. The van der Waals surface area contributed by atoms with Gasteiger partial charge in [-0.05, 0) is 25.5 Å². The molecule has 2 heterocycles. The van der Waals surface area contributed by atoms with Gasteiger partial charge < -0.3 is 0 Å². The predicted octanol–water partition coefficient (Wildman–Crippen LogP) is 2.23. The highest BCUT2D eigenvalue weighted by Gasteiger charge is 2.07. The first-order valence-corrected chi connectivity index (χ1v) is 4.04. The van der Waals surface area contributed by atoms with Gasteiger partial charge in [0.15, 0.2) is 5.65 Å². The molecule has 0 spiro atoms. The monoisotopic (exact) mass is 181 g/mol. The van der Waals surface area contributed by atoms with Crippen molar-refractivity contribution in [2.75, 3.05) is 0 Å². The minimum atomic E-state index is 0.565.